The van der Waals surface area contributed by atoms with Gasteiger partial charge in [-0.1, -0.05) is 7.77 Å². The summed E-state index contributed by atoms with van der Waals surface area (Å²) in [7, 11) is 0. The van der Waals surface area contributed by atoms with E-state index in [9.17, 15) is 26.7 Å². The fourth-order valence-electron chi connectivity index (χ4n) is 0. The van der Waals surface area contributed by atoms with Crippen molar-refractivity contribution < 1.29 is 98.0 Å². The van der Waals surface area contributed by atoms with Crippen molar-refractivity contribution in [1.82, 2.24) is 0 Å². The minimum absolute atomic E-state index is 0. The van der Waals surface area contributed by atoms with E-state index in [2.05, 4.69) is 0 Å². The van der Waals surface area contributed by atoms with Gasteiger partial charge >= 0.3 is 82.0 Å². The monoisotopic (exact) mass is 556 g/mol. The average Bonchev–Trinajstić information content (AvgIpc) is 1.83. The summed E-state index contributed by atoms with van der Waals surface area (Å²) < 4.78 is 112. The van der Waals surface area contributed by atoms with Gasteiger partial charge in [0.15, 0.2) is 0 Å². The van der Waals surface area contributed by atoms with Crippen LogP contribution in [0.1, 0.15) is 0 Å². The first kappa shape index (κ1) is 50.0. The number of rotatable bonds is 0. The molecule has 20 heteroatoms. The summed E-state index contributed by atoms with van der Waals surface area (Å²) in [5.41, 5.74) is 0. The summed E-state index contributed by atoms with van der Waals surface area (Å²) >= 11 is -14.8. The maximum atomic E-state index is 9.92. The van der Waals surface area contributed by atoms with Gasteiger partial charge in [-0.2, -0.15) is 12.6 Å². The van der Waals surface area contributed by atoms with Crippen LogP contribution in [0.5, 0.6) is 0 Å². The van der Waals surface area contributed by atoms with Crippen molar-refractivity contribution in [3.63, 3.8) is 0 Å². The molecule has 0 bridgehead atoms. The molecule has 136 valence electrons. The Morgan fingerprint density at radius 1 is 0.750 bits per heavy atom. The van der Waals surface area contributed by atoms with Crippen LogP contribution in [-0.4, -0.2) is 12.6 Å². The Balaban J connectivity index is -0.0000000164. The fraction of sp³-hybridized carbons (Fsp3) is 0. The molecule has 0 unspecified atom stereocenters. The van der Waals surface area contributed by atoms with Gasteiger partial charge in [-0.25, -0.2) is 0 Å². The SMILES string of the molecule is F.F.F.F.O=S(F)F.O=S=O.[F][Mo]([F])([F])([F])([F])[F].[O]=[Mo]. The van der Waals surface area contributed by atoms with E-state index in [0.717, 1.165) is 0 Å². The van der Waals surface area contributed by atoms with Crippen LogP contribution < -0.4 is 0 Å². The predicted octanol–water partition coefficient (Wildman–Crippen LogP) is 2.84. The zero-order valence-corrected chi connectivity index (χ0v) is 13.6. The van der Waals surface area contributed by atoms with Gasteiger partial charge in [0.2, 0.25) is 0 Å². The van der Waals surface area contributed by atoms with E-state index in [0.29, 0.717) is 19.8 Å². The Hall–Kier alpha value is 0.307. The van der Waals surface area contributed by atoms with Crippen LogP contribution in [0.2, 0.25) is 0 Å². The summed E-state index contributed by atoms with van der Waals surface area (Å²) in [4.78, 5) is 0. The first-order valence-electron chi connectivity index (χ1n) is 1.90. The zero-order valence-electron chi connectivity index (χ0n) is 7.92. The predicted molar refractivity (Wildman–Crippen MR) is 36.6 cm³/mol. The second kappa shape index (κ2) is 17.4. The Morgan fingerprint density at radius 2 is 0.750 bits per heavy atom. The van der Waals surface area contributed by atoms with Crippen molar-refractivity contribution in [1.29, 1.82) is 0 Å². The van der Waals surface area contributed by atoms with E-state index in [4.69, 9.17) is 16.0 Å². The maximum absolute atomic E-state index is 11.2. The molecule has 0 radical (unpaired) electrons. The van der Waals surface area contributed by atoms with Crippen LogP contribution in [0.3, 0.4) is 0 Å². The van der Waals surface area contributed by atoms with E-state index in [1.807, 2.05) is 0 Å². The van der Waals surface area contributed by atoms with E-state index in [1.165, 1.54) is 0 Å². The summed E-state index contributed by atoms with van der Waals surface area (Å²) in [6.45, 7) is 0. The summed E-state index contributed by atoms with van der Waals surface area (Å²) in [5, 5.41) is 0. The van der Waals surface area contributed by atoms with Crippen molar-refractivity contribution >= 4 is 23.1 Å². The molecule has 0 aromatic rings. The Morgan fingerprint density at radius 3 is 0.750 bits per heavy atom. The van der Waals surface area contributed by atoms with Crippen LogP contribution in [-0.2, 0) is 63.0 Å². The standard InChI is InChI=1S/F2OS.10FH.2Mo.O2S.O/c1-4(2)3;;;;;;;;;;;;;1-3-2;/h;10*1H;;;;/q;;;;;;;;;;;;+6;;/p-6. The molecule has 0 spiro atoms. The van der Waals surface area contributed by atoms with Gasteiger partial charge in [-0.3, -0.25) is 18.8 Å². The summed E-state index contributed by atoms with van der Waals surface area (Å²) in [6, 6.07) is 0. The van der Waals surface area contributed by atoms with Crippen molar-refractivity contribution in [2.24, 2.45) is 0 Å². The van der Waals surface area contributed by atoms with Gasteiger partial charge in [-0.05, 0) is 0 Å². The van der Waals surface area contributed by atoms with Gasteiger partial charge in [0.25, 0.3) is 0 Å². The summed E-state index contributed by atoms with van der Waals surface area (Å²) in [6.07, 6.45) is 0. The molecule has 0 amide bonds. The molecule has 4 nitrogen and oxygen atoms in total. The molecule has 0 fully saturated rings. The van der Waals surface area contributed by atoms with Crippen LogP contribution >= 0.6 is 0 Å². The molecule has 0 saturated carbocycles. The first-order valence-corrected chi connectivity index (χ1v) is 8.89. The molecule has 0 aliphatic carbocycles. The van der Waals surface area contributed by atoms with Crippen LogP contribution in [0, 0.1) is 0 Å². The minimum atomic E-state index is -11.2. The molecular weight excluding hydrogens is 548 g/mol. The normalized spacial score (nSPS) is 10.7. The molecule has 0 rings (SSSR count). The van der Waals surface area contributed by atoms with Gasteiger partial charge < -0.3 is 0 Å². The van der Waals surface area contributed by atoms with Crippen molar-refractivity contribution in [2.45, 2.75) is 0 Å². The third-order valence-corrected chi connectivity index (χ3v) is 0. The Kier molecular flexibility index (Phi) is 43.4. The topological polar surface area (TPSA) is 68.3 Å². The van der Waals surface area contributed by atoms with Gasteiger partial charge in [-0.15, -0.1) is 0 Å². The van der Waals surface area contributed by atoms with Crippen molar-refractivity contribution in [3.05, 3.63) is 0 Å². The number of hydrogen-bond donors (Lipinski definition) is 0. The molecule has 0 saturated heterocycles. The molecule has 0 aliphatic heterocycles. The third kappa shape index (κ3) is 58300. The van der Waals surface area contributed by atoms with Crippen molar-refractivity contribution in [2.75, 3.05) is 0 Å². The molecule has 0 aliphatic rings. The zero-order chi connectivity index (χ0) is 14.7. The van der Waals surface area contributed by atoms with Gasteiger partial charge in [0.1, 0.15) is 0 Å². The third-order valence-electron chi connectivity index (χ3n) is 0. The molecule has 0 atom stereocenters. The molecule has 0 aromatic heterocycles. The van der Waals surface area contributed by atoms with Crippen LogP contribution in [0.15, 0.2) is 0 Å². The Bertz CT molecular complexity index is 224. The fourth-order valence-corrected chi connectivity index (χ4v) is 0. The van der Waals surface area contributed by atoms with Gasteiger partial charge in [0.05, 0.1) is 0 Å². The van der Waals surface area contributed by atoms with E-state index in [-0.39, 0.29) is 18.8 Å². The van der Waals surface area contributed by atoms with Crippen molar-refractivity contribution in [3.8, 4) is 0 Å². The molecular formula is H4F12Mo2O4S2. The van der Waals surface area contributed by atoms with Gasteiger partial charge in [0, 0.05) is 0 Å². The second-order valence-corrected chi connectivity index (χ2v) is 5.93. The summed E-state index contributed by atoms with van der Waals surface area (Å²) in [5.74, 6) is 0. The Labute approximate surface area is 121 Å². The average molecular weight is 552 g/mol. The quantitative estimate of drug-likeness (QED) is 0.264. The number of halogens is 12. The molecule has 0 heterocycles. The van der Waals surface area contributed by atoms with Crippen LogP contribution in [0.25, 0.3) is 0 Å². The molecule has 0 N–H and O–H groups in total. The first-order chi connectivity index (χ1) is 6.60. The van der Waals surface area contributed by atoms with E-state index in [1.54, 1.807) is 0 Å². The second-order valence-electron chi connectivity index (χ2n) is 1.13. The van der Waals surface area contributed by atoms with Crippen LogP contribution in [0.4, 0.5) is 45.5 Å². The number of hydrogen-bond acceptors (Lipinski definition) is 4. The van der Waals surface area contributed by atoms with E-state index >= 15 is 0 Å². The molecule has 0 aromatic carbocycles. The molecule has 20 heavy (non-hydrogen) atoms. The van der Waals surface area contributed by atoms with E-state index < -0.39 is 39.8 Å².